The molecule has 0 aliphatic carbocycles. The van der Waals surface area contributed by atoms with E-state index in [1.165, 1.54) is 0 Å². The molecule has 1 aliphatic rings. The van der Waals surface area contributed by atoms with Gasteiger partial charge in [0.05, 0.1) is 0 Å². The molecule has 0 saturated carbocycles. The monoisotopic (exact) mass is 146 g/mol. The molecule has 0 aromatic rings. The van der Waals surface area contributed by atoms with E-state index in [9.17, 15) is 0 Å². The van der Waals surface area contributed by atoms with Gasteiger partial charge in [0.15, 0.2) is 6.29 Å². The lowest BCUT2D eigenvalue weighted by Crippen LogP contribution is -2.44. The van der Waals surface area contributed by atoms with Gasteiger partial charge in [-0.25, -0.2) is 0 Å². The van der Waals surface area contributed by atoms with Gasteiger partial charge in [0.2, 0.25) is 0 Å². The number of aliphatic hydroxyl groups is 1. The number of hydrogen-bond acceptors (Lipinski definition) is 4. The predicted molar refractivity (Wildman–Crippen MR) is 37.2 cm³/mol. The Bertz CT molecular complexity index is 91.7. The number of nitrogens with one attached hydrogen (secondary N) is 1. The first-order valence-electron chi connectivity index (χ1n) is 3.59. The molecule has 1 aliphatic heterocycles. The Labute approximate surface area is 60.7 Å². The minimum atomic E-state index is -0.682. The van der Waals surface area contributed by atoms with Crippen LogP contribution in [0.4, 0.5) is 0 Å². The van der Waals surface area contributed by atoms with E-state index in [-0.39, 0.29) is 0 Å². The predicted octanol–water partition coefficient (Wildman–Crippen LogP) is -0.838. The average molecular weight is 146 g/mol. The van der Waals surface area contributed by atoms with Crippen molar-refractivity contribution in [2.75, 3.05) is 26.2 Å². The summed E-state index contributed by atoms with van der Waals surface area (Å²) in [6.07, 6.45) is -0.682. The third-order valence-electron chi connectivity index (χ3n) is 1.38. The molecule has 1 atom stereocenters. The molecule has 1 rings (SSSR count). The summed E-state index contributed by atoms with van der Waals surface area (Å²) in [7, 11) is 0. The SMILES string of the molecule is CC(O)ON1CCNCC1. The highest BCUT2D eigenvalue weighted by atomic mass is 16.7. The van der Waals surface area contributed by atoms with E-state index in [1.54, 1.807) is 12.0 Å². The molecule has 1 heterocycles. The van der Waals surface area contributed by atoms with Crippen LogP contribution in [0.1, 0.15) is 6.92 Å². The zero-order chi connectivity index (χ0) is 7.40. The molecule has 0 radical (unpaired) electrons. The minimum Gasteiger partial charge on any atom is -0.367 e. The van der Waals surface area contributed by atoms with E-state index in [4.69, 9.17) is 9.94 Å². The third-order valence-corrected chi connectivity index (χ3v) is 1.38. The van der Waals surface area contributed by atoms with E-state index in [0.29, 0.717) is 0 Å². The summed E-state index contributed by atoms with van der Waals surface area (Å²) in [6.45, 7) is 5.19. The summed E-state index contributed by atoms with van der Waals surface area (Å²) < 4.78 is 0. The van der Waals surface area contributed by atoms with E-state index in [2.05, 4.69) is 5.32 Å². The Balaban J connectivity index is 2.13. The fourth-order valence-electron chi connectivity index (χ4n) is 0.965. The number of rotatable bonds is 2. The maximum atomic E-state index is 8.82. The Hall–Kier alpha value is -0.160. The molecule has 0 aromatic carbocycles. The van der Waals surface area contributed by atoms with Crippen molar-refractivity contribution in [3.63, 3.8) is 0 Å². The topological polar surface area (TPSA) is 44.7 Å². The number of hydrogen-bond donors (Lipinski definition) is 2. The van der Waals surface area contributed by atoms with Gasteiger partial charge >= 0.3 is 0 Å². The normalized spacial score (nSPS) is 24.6. The highest BCUT2D eigenvalue weighted by Gasteiger charge is 2.11. The average Bonchev–Trinajstić information content (AvgIpc) is 1.88. The Kier molecular flexibility index (Phi) is 3.08. The molecule has 4 nitrogen and oxygen atoms in total. The summed E-state index contributed by atoms with van der Waals surface area (Å²) in [5.41, 5.74) is 0. The van der Waals surface area contributed by atoms with Crippen molar-refractivity contribution >= 4 is 0 Å². The highest BCUT2D eigenvalue weighted by molar-refractivity contribution is 4.59. The first-order valence-corrected chi connectivity index (χ1v) is 3.59. The molecule has 0 spiro atoms. The van der Waals surface area contributed by atoms with Gasteiger partial charge in [-0.05, 0) is 6.92 Å². The number of hydroxylamine groups is 2. The van der Waals surface area contributed by atoms with Gasteiger partial charge in [-0.3, -0.25) is 4.84 Å². The second kappa shape index (κ2) is 3.88. The molecular formula is C6H14N2O2. The fourth-order valence-corrected chi connectivity index (χ4v) is 0.965. The van der Waals surface area contributed by atoms with E-state index >= 15 is 0 Å². The van der Waals surface area contributed by atoms with Crippen molar-refractivity contribution in [2.45, 2.75) is 13.2 Å². The first-order chi connectivity index (χ1) is 4.79. The molecule has 0 aromatic heterocycles. The fraction of sp³-hybridized carbons (Fsp3) is 1.00. The lowest BCUT2D eigenvalue weighted by Gasteiger charge is -2.27. The minimum absolute atomic E-state index is 0.682. The molecule has 1 saturated heterocycles. The quantitative estimate of drug-likeness (QED) is 0.499. The molecule has 0 bridgehead atoms. The van der Waals surface area contributed by atoms with Crippen LogP contribution in [0.5, 0.6) is 0 Å². The molecule has 1 fully saturated rings. The Morgan fingerprint density at radius 2 is 2.10 bits per heavy atom. The number of aliphatic hydroxyl groups excluding tert-OH is 1. The largest absolute Gasteiger partial charge is 0.367 e. The van der Waals surface area contributed by atoms with E-state index in [1.807, 2.05) is 0 Å². The summed E-state index contributed by atoms with van der Waals surface area (Å²) in [5, 5.41) is 13.8. The summed E-state index contributed by atoms with van der Waals surface area (Å²) >= 11 is 0. The lowest BCUT2D eigenvalue weighted by molar-refractivity contribution is -0.259. The van der Waals surface area contributed by atoms with Crippen molar-refractivity contribution in [1.82, 2.24) is 10.4 Å². The third kappa shape index (κ3) is 2.62. The Morgan fingerprint density at radius 1 is 1.50 bits per heavy atom. The molecule has 10 heavy (non-hydrogen) atoms. The van der Waals surface area contributed by atoms with Crippen molar-refractivity contribution < 1.29 is 9.94 Å². The van der Waals surface area contributed by atoms with Gasteiger partial charge in [-0.2, -0.15) is 5.06 Å². The Morgan fingerprint density at radius 3 is 2.60 bits per heavy atom. The van der Waals surface area contributed by atoms with Crippen molar-refractivity contribution in [3.8, 4) is 0 Å². The number of nitrogens with zero attached hydrogens (tertiary/aromatic N) is 1. The second-order valence-corrected chi connectivity index (χ2v) is 2.38. The summed E-state index contributed by atoms with van der Waals surface area (Å²) in [5.74, 6) is 0. The van der Waals surface area contributed by atoms with Crippen molar-refractivity contribution in [1.29, 1.82) is 0 Å². The lowest BCUT2D eigenvalue weighted by atomic mass is 10.4. The van der Waals surface area contributed by atoms with Crippen LogP contribution >= 0.6 is 0 Å². The van der Waals surface area contributed by atoms with Gasteiger partial charge in [0.25, 0.3) is 0 Å². The van der Waals surface area contributed by atoms with Crippen LogP contribution < -0.4 is 5.32 Å². The second-order valence-electron chi connectivity index (χ2n) is 2.38. The van der Waals surface area contributed by atoms with Gasteiger partial charge in [0, 0.05) is 26.2 Å². The molecule has 60 valence electrons. The van der Waals surface area contributed by atoms with E-state index in [0.717, 1.165) is 26.2 Å². The van der Waals surface area contributed by atoms with E-state index < -0.39 is 6.29 Å². The maximum Gasteiger partial charge on any atom is 0.171 e. The standard InChI is InChI=1S/C6H14N2O2/c1-6(9)10-8-4-2-7-3-5-8/h6-7,9H,2-5H2,1H3. The van der Waals surface area contributed by atoms with Crippen LogP contribution in [-0.2, 0) is 4.84 Å². The summed E-state index contributed by atoms with van der Waals surface area (Å²) in [4.78, 5) is 5.04. The van der Waals surface area contributed by atoms with Crippen LogP contribution in [0.3, 0.4) is 0 Å². The smallest absolute Gasteiger partial charge is 0.171 e. The summed E-state index contributed by atoms with van der Waals surface area (Å²) in [6, 6.07) is 0. The van der Waals surface area contributed by atoms with Crippen LogP contribution in [0.25, 0.3) is 0 Å². The maximum absolute atomic E-state index is 8.82. The van der Waals surface area contributed by atoms with Crippen LogP contribution in [0.15, 0.2) is 0 Å². The molecule has 1 unspecified atom stereocenters. The highest BCUT2D eigenvalue weighted by Crippen LogP contribution is 1.95. The van der Waals surface area contributed by atoms with Gasteiger partial charge < -0.3 is 10.4 Å². The zero-order valence-corrected chi connectivity index (χ0v) is 6.21. The molecular weight excluding hydrogens is 132 g/mol. The van der Waals surface area contributed by atoms with Crippen LogP contribution in [0.2, 0.25) is 0 Å². The molecule has 2 N–H and O–H groups in total. The first kappa shape index (κ1) is 7.94. The van der Waals surface area contributed by atoms with Crippen molar-refractivity contribution in [3.05, 3.63) is 0 Å². The van der Waals surface area contributed by atoms with Crippen LogP contribution in [-0.4, -0.2) is 42.6 Å². The zero-order valence-electron chi connectivity index (χ0n) is 6.21. The number of piperazine rings is 1. The van der Waals surface area contributed by atoms with Crippen LogP contribution in [0, 0.1) is 0 Å². The molecule has 4 heteroatoms. The van der Waals surface area contributed by atoms with Gasteiger partial charge in [0.1, 0.15) is 0 Å². The molecule has 0 amide bonds. The van der Waals surface area contributed by atoms with Gasteiger partial charge in [-0.15, -0.1) is 0 Å². The van der Waals surface area contributed by atoms with Crippen molar-refractivity contribution in [2.24, 2.45) is 0 Å². The van der Waals surface area contributed by atoms with Gasteiger partial charge in [-0.1, -0.05) is 0 Å².